The van der Waals surface area contributed by atoms with Crippen molar-refractivity contribution >= 4 is 50.5 Å². The van der Waals surface area contributed by atoms with E-state index in [4.69, 9.17) is 11.6 Å². The van der Waals surface area contributed by atoms with Gasteiger partial charge in [-0.2, -0.15) is 5.26 Å². The molecule has 0 unspecified atom stereocenters. The lowest BCUT2D eigenvalue weighted by atomic mass is 10.2. The number of nitriles is 1. The molecule has 0 saturated carbocycles. The molecule has 6 nitrogen and oxygen atoms in total. The van der Waals surface area contributed by atoms with Crippen LogP contribution in [0.3, 0.4) is 0 Å². The van der Waals surface area contributed by atoms with Crippen LogP contribution in [0, 0.1) is 18.3 Å². The van der Waals surface area contributed by atoms with Gasteiger partial charge in [-0.3, -0.25) is 0 Å². The number of hydrogen-bond donors (Lipinski definition) is 1. The molecule has 0 atom stereocenters. The number of aliphatic hydroxyl groups excluding tert-OH is 1. The average molecular weight is 404 g/mol. The fraction of sp³-hybridized carbons (Fsp3) is 0.176. The van der Waals surface area contributed by atoms with E-state index < -0.39 is 0 Å². The van der Waals surface area contributed by atoms with Gasteiger partial charge in [0.2, 0.25) is 0 Å². The Morgan fingerprint density at radius 1 is 1.50 bits per heavy atom. The topological polar surface area (TPSA) is 87.6 Å². The summed E-state index contributed by atoms with van der Waals surface area (Å²) < 4.78 is 2.79. The maximum atomic E-state index is 10.4. The Morgan fingerprint density at radius 2 is 2.31 bits per heavy atom. The van der Waals surface area contributed by atoms with Crippen molar-refractivity contribution in [2.45, 2.75) is 18.6 Å². The molecule has 1 N–H and O–H groups in total. The zero-order chi connectivity index (χ0) is 18.7. The Bertz CT molecular complexity index is 1050. The smallest absolute Gasteiger partial charge is 0.191 e. The molecule has 0 radical (unpaired) electrons. The third kappa shape index (κ3) is 3.75. The number of halogens is 1. The summed E-state index contributed by atoms with van der Waals surface area (Å²) in [6, 6.07) is 7.40. The molecule has 3 rings (SSSR count). The van der Waals surface area contributed by atoms with E-state index in [-0.39, 0.29) is 17.1 Å². The van der Waals surface area contributed by atoms with E-state index in [1.54, 1.807) is 18.2 Å². The number of fused-ring (bicyclic) bond motifs is 1. The lowest BCUT2D eigenvalue weighted by Crippen LogP contribution is -2.01. The molecule has 2 heterocycles. The van der Waals surface area contributed by atoms with Gasteiger partial charge in [-0.1, -0.05) is 29.4 Å². The molecule has 0 aliphatic carbocycles. The van der Waals surface area contributed by atoms with Crippen molar-refractivity contribution in [1.29, 1.82) is 5.26 Å². The second-order valence-electron chi connectivity index (χ2n) is 5.28. The maximum absolute atomic E-state index is 10.4. The molecular formula is C17H14ClN5OS2. The monoisotopic (exact) mass is 403 g/mol. The molecule has 0 saturated heterocycles. The zero-order valence-electron chi connectivity index (χ0n) is 13.8. The fourth-order valence-corrected chi connectivity index (χ4v) is 4.26. The van der Waals surface area contributed by atoms with Gasteiger partial charge in [0.25, 0.3) is 0 Å². The highest BCUT2D eigenvalue weighted by atomic mass is 35.5. The van der Waals surface area contributed by atoms with Crippen molar-refractivity contribution in [3.63, 3.8) is 0 Å². The summed E-state index contributed by atoms with van der Waals surface area (Å²) in [5.74, 6) is 0.905. The van der Waals surface area contributed by atoms with Crippen LogP contribution in [0.1, 0.15) is 10.8 Å². The van der Waals surface area contributed by atoms with Gasteiger partial charge in [-0.05, 0) is 25.1 Å². The number of rotatable bonds is 6. The molecular weight excluding hydrogens is 390 g/mol. The largest absolute Gasteiger partial charge is 0.510 e. The van der Waals surface area contributed by atoms with Gasteiger partial charge in [-0.25, -0.2) is 4.98 Å². The second-order valence-corrected chi connectivity index (χ2v) is 7.69. The number of hydrogen-bond acceptors (Lipinski definition) is 7. The van der Waals surface area contributed by atoms with Crippen LogP contribution in [0.2, 0.25) is 5.02 Å². The van der Waals surface area contributed by atoms with Crippen molar-refractivity contribution in [2.24, 2.45) is 0 Å². The number of thioether (sulfide) groups is 1. The van der Waals surface area contributed by atoms with Crippen molar-refractivity contribution in [3.8, 4) is 6.07 Å². The van der Waals surface area contributed by atoms with Gasteiger partial charge in [0.05, 0.1) is 16.0 Å². The van der Waals surface area contributed by atoms with Crippen molar-refractivity contribution in [1.82, 2.24) is 19.7 Å². The number of aryl methyl sites for hydroxylation is 1. The summed E-state index contributed by atoms with van der Waals surface area (Å²) >= 11 is 8.62. The number of allylic oxidation sites excluding steroid dienone is 2. The van der Waals surface area contributed by atoms with E-state index in [2.05, 4.69) is 21.8 Å². The van der Waals surface area contributed by atoms with Crippen molar-refractivity contribution < 1.29 is 5.11 Å². The molecule has 26 heavy (non-hydrogen) atoms. The van der Waals surface area contributed by atoms with E-state index >= 15 is 0 Å². The Morgan fingerprint density at radius 3 is 3.04 bits per heavy atom. The van der Waals surface area contributed by atoms with E-state index in [9.17, 15) is 10.4 Å². The van der Waals surface area contributed by atoms with Crippen molar-refractivity contribution in [2.75, 3.05) is 5.75 Å². The van der Waals surface area contributed by atoms with Gasteiger partial charge < -0.3 is 9.67 Å². The van der Waals surface area contributed by atoms with Crippen molar-refractivity contribution in [3.05, 3.63) is 52.5 Å². The quantitative estimate of drug-likeness (QED) is 0.279. The first-order valence-corrected chi connectivity index (χ1v) is 9.73. The molecule has 0 spiro atoms. The lowest BCUT2D eigenvalue weighted by molar-refractivity contribution is 0.420. The SMILES string of the molecule is C=CCn1c(C)nnc1SC/C(O)=C(\C#N)c1nc2cc(Cl)ccc2s1. The summed E-state index contributed by atoms with van der Waals surface area (Å²) in [5.41, 5.74) is 0.855. The fourth-order valence-electron chi connectivity index (χ4n) is 2.26. The Labute approximate surface area is 163 Å². The van der Waals surface area contributed by atoms with Crippen LogP contribution in [-0.4, -0.2) is 30.6 Å². The van der Waals surface area contributed by atoms with E-state index in [0.717, 1.165) is 10.5 Å². The normalized spacial score (nSPS) is 12.0. The number of aromatic nitrogens is 4. The summed E-state index contributed by atoms with van der Waals surface area (Å²) in [7, 11) is 0. The highest BCUT2D eigenvalue weighted by Crippen LogP contribution is 2.31. The molecule has 3 aromatic rings. The number of nitrogens with zero attached hydrogens (tertiary/aromatic N) is 5. The van der Waals surface area contributed by atoms with Crippen LogP contribution < -0.4 is 0 Å². The first-order valence-electron chi connectivity index (χ1n) is 7.55. The Hall–Kier alpha value is -2.34. The molecule has 0 aliphatic rings. The molecule has 0 fully saturated rings. The molecule has 132 valence electrons. The summed E-state index contributed by atoms with van der Waals surface area (Å²) in [4.78, 5) is 4.41. The molecule has 0 amide bonds. The highest BCUT2D eigenvalue weighted by molar-refractivity contribution is 7.99. The first kappa shape index (κ1) is 18.5. The predicted molar refractivity (Wildman–Crippen MR) is 105 cm³/mol. The molecule has 9 heteroatoms. The lowest BCUT2D eigenvalue weighted by Gasteiger charge is -2.05. The van der Waals surface area contributed by atoms with Crippen LogP contribution >= 0.6 is 34.7 Å². The van der Waals surface area contributed by atoms with Gasteiger partial charge in [0.15, 0.2) is 5.16 Å². The number of aliphatic hydroxyl groups is 1. The molecule has 1 aromatic carbocycles. The first-order chi connectivity index (χ1) is 12.5. The maximum Gasteiger partial charge on any atom is 0.191 e. The molecule has 0 bridgehead atoms. The van der Waals surface area contributed by atoms with Crippen LogP contribution in [0.4, 0.5) is 0 Å². The third-order valence-corrected chi connectivity index (χ3v) is 5.78. The number of thiazole rings is 1. The summed E-state index contributed by atoms with van der Waals surface area (Å²) in [6.07, 6.45) is 1.75. The third-order valence-electron chi connectivity index (χ3n) is 3.52. The highest BCUT2D eigenvalue weighted by Gasteiger charge is 2.16. The van der Waals surface area contributed by atoms with Gasteiger partial charge >= 0.3 is 0 Å². The number of benzene rings is 1. The van der Waals surface area contributed by atoms with E-state index in [1.807, 2.05) is 23.6 Å². The van der Waals surface area contributed by atoms with Gasteiger partial charge in [0, 0.05) is 11.6 Å². The zero-order valence-corrected chi connectivity index (χ0v) is 16.2. The Balaban J connectivity index is 1.86. The van der Waals surface area contributed by atoms with Gasteiger partial charge in [0.1, 0.15) is 28.2 Å². The summed E-state index contributed by atoms with van der Waals surface area (Å²) in [5, 5.41) is 29.7. The predicted octanol–water partition coefficient (Wildman–Crippen LogP) is 4.62. The summed E-state index contributed by atoms with van der Waals surface area (Å²) in [6.45, 7) is 6.15. The van der Waals surface area contributed by atoms with Crippen LogP contribution in [0.5, 0.6) is 0 Å². The minimum Gasteiger partial charge on any atom is -0.510 e. The minimum absolute atomic E-state index is 0.0477. The standard InChI is InChI=1S/C17H14ClN5OS2/c1-3-6-23-10(2)21-22-17(23)25-9-14(24)12(8-19)16-20-13-7-11(18)4-5-15(13)26-16/h3-5,7,24H,1,6,9H2,2H3/b14-12-. The van der Waals surface area contributed by atoms with Crippen LogP contribution in [-0.2, 0) is 6.54 Å². The van der Waals surface area contributed by atoms with E-state index in [1.165, 1.54) is 23.1 Å². The average Bonchev–Trinajstić information content (AvgIpc) is 3.18. The molecule has 2 aromatic heterocycles. The second kappa shape index (κ2) is 7.91. The van der Waals surface area contributed by atoms with E-state index in [0.29, 0.717) is 27.2 Å². The van der Waals surface area contributed by atoms with Crippen LogP contribution in [0.15, 0.2) is 41.8 Å². The van der Waals surface area contributed by atoms with Crippen LogP contribution in [0.25, 0.3) is 15.8 Å². The molecule has 0 aliphatic heterocycles. The van der Waals surface area contributed by atoms with Gasteiger partial charge in [-0.15, -0.1) is 28.1 Å². The minimum atomic E-state index is -0.0477. The Kier molecular flexibility index (Phi) is 5.61.